The molecular formula is C20H15F3N4O4. The fraction of sp³-hybridized carbons (Fsp3) is 0.150. The van der Waals surface area contributed by atoms with E-state index in [1.165, 1.54) is 31.2 Å². The minimum absolute atomic E-state index is 0.00732. The first kappa shape index (κ1) is 21.7. The number of amides is 1. The Balaban J connectivity index is 2.02. The van der Waals surface area contributed by atoms with Crippen molar-refractivity contribution in [1.29, 1.82) is 0 Å². The number of benzene rings is 2. The summed E-state index contributed by atoms with van der Waals surface area (Å²) in [6.45, 7) is 3.06. The Morgan fingerprint density at radius 2 is 1.84 bits per heavy atom. The van der Waals surface area contributed by atoms with E-state index in [1.54, 1.807) is 6.92 Å². The summed E-state index contributed by atoms with van der Waals surface area (Å²) in [5, 5.41) is 17.3. The van der Waals surface area contributed by atoms with Crippen LogP contribution in [-0.2, 0) is 6.18 Å². The number of non-ortho nitro benzene ring substituents is 1. The number of hydrogen-bond donors (Lipinski definition) is 1. The van der Waals surface area contributed by atoms with Gasteiger partial charge in [0.15, 0.2) is 5.69 Å². The molecule has 1 amide bonds. The molecule has 2 aromatic carbocycles. The number of nitro benzene ring substituents is 1. The molecule has 0 aliphatic heterocycles. The number of carbonyl (C=O) groups excluding carboxylic acids is 1. The molecule has 0 spiro atoms. The average Bonchev–Trinajstić information content (AvgIpc) is 2.69. The second-order valence-corrected chi connectivity index (χ2v) is 6.67. The summed E-state index contributed by atoms with van der Waals surface area (Å²) in [7, 11) is 0. The van der Waals surface area contributed by atoms with E-state index in [1.807, 2.05) is 0 Å². The van der Waals surface area contributed by atoms with E-state index in [4.69, 9.17) is 0 Å². The molecule has 160 valence electrons. The number of halogens is 3. The fourth-order valence-electron chi connectivity index (χ4n) is 2.82. The highest BCUT2D eigenvalue weighted by Gasteiger charge is 2.30. The van der Waals surface area contributed by atoms with E-state index in [2.05, 4.69) is 10.4 Å². The zero-order chi connectivity index (χ0) is 22.9. The first-order valence-electron chi connectivity index (χ1n) is 8.82. The number of nitrogens with one attached hydrogen (secondary N) is 1. The highest BCUT2D eigenvalue weighted by Crippen LogP contribution is 2.30. The van der Waals surface area contributed by atoms with Crippen molar-refractivity contribution < 1.29 is 22.9 Å². The SMILES string of the molecule is Cc1ccc([N+](=O)[O-])cc1NC(=O)c1nn(-c2cccc(C(F)(F)F)c2)c(C)cc1=O. The van der Waals surface area contributed by atoms with Gasteiger partial charge in [0.25, 0.3) is 11.6 Å². The number of rotatable bonds is 4. The molecule has 0 saturated heterocycles. The van der Waals surface area contributed by atoms with Gasteiger partial charge in [0.2, 0.25) is 5.43 Å². The van der Waals surface area contributed by atoms with Gasteiger partial charge in [0.05, 0.1) is 21.9 Å². The van der Waals surface area contributed by atoms with Crippen LogP contribution in [0.4, 0.5) is 24.5 Å². The topological polar surface area (TPSA) is 107 Å². The zero-order valence-corrected chi connectivity index (χ0v) is 16.2. The number of alkyl halides is 3. The van der Waals surface area contributed by atoms with Crippen molar-refractivity contribution in [1.82, 2.24) is 9.78 Å². The van der Waals surface area contributed by atoms with Gasteiger partial charge in [-0.2, -0.15) is 18.3 Å². The van der Waals surface area contributed by atoms with Gasteiger partial charge in [-0.15, -0.1) is 0 Å². The highest BCUT2D eigenvalue weighted by atomic mass is 19.4. The van der Waals surface area contributed by atoms with E-state index in [0.29, 0.717) is 5.56 Å². The van der Waals surface area contributed by atoms with Gasteiger partial charge < -0.3 is 5.32 Å². The third kappa shape index (κ3) is 4.60. The first-order valence-corrected chi connectivity index (χ1v) is 8.82. The van der Waals surface area contributed by atoms with Gasteiger partial charge in [-0.25, -0.2) is 4.68 Å². The molecule has 0 atom stereocenters. The minimum atomic E-state index is -4.58. The van der Waals surface area contributed by atoms with Crippen molar-refractivity contribution >= 4 is 17.3 Å². The number of aromatic nitrogens is 2. The summed E-state index contributed by atoms with van der Waals surface area (Å²) < 4.78 is 40.1. The molecule has 0 aliphatic carbocycles. The van der Waals surface area contributed by atoms with Crippen LogP contribution < -0.4 is 10.7 Å². The van der Waals surface area contributed by atoms with Crippen LogP contribution in [0.2, 0.25) is 0 Å². The van der Waals surface area contributed by atoms with E-state index in [-0.39, 0.29) is 22.8 Å². The highest BCUT2D eigenvalue weighted by molar-refractivity contribution is 6.03. The quantitative estimate of drug-likeness (QED) is 0.495. The molecule has 1 aromatic heterocycles. The molecule has 0 unspecified atom stereocenters. The summed E-state index contributed by atoms with van der Waals surface area (Å²) in [4.78, 5) is 35.3. The zero-order valence-electron chi connectivity index (χ0n) is 16.2. The number of hydrogen-bond acceptors (Lipinski definition) is 5. The van der Waals surface area contributed by atoms with Crippen molar-refractivity contribution in [2.24, 2.45) is 0 Å². The fourth-order valence-corrected chi connectivity index (χ4v) is 2.82. The second-order valence-electron chi connectivity index (χ2n) is 6.67. The monoisotopic (exact) mass is 432 g/mol. The molecule has 3 aromatic rings. The molecule has 1 N–H and O–H groups in total. The molecule has 3 rings (SSSR count). The molecular weight excluding hydrogens is 417 g/mol. The van der Waals surface area contributed by atoms with Crippen LogP contribution in [-0.4, -0.2) is 20.6 Å². The first-order chi connectivity index (χ1) is 14.5. The smallest absolute Gasteiger partial charge is 0.320 e. The van der Waals surface area contributed by atoms with E-state index in [9.17, 15) is 32.9 Å². The number of nitrogens with zero attached hydrogens (tertiary/aromatic N) is 3. The van der Waals surface area contributed by atoms with E-state index in [0.717, 1.165) is 28.9 Å². The molecule has 0 fully saturated rings. The lowest BCUT2D eigenvalue weighted by Crippen LogP contribution is -2.27. The Morgan fingerprint density at radius 1 is 1.13 bits per heavy atom. The van der Waals surface area contributed by atoms with Crippen molar-refractivity contribution in [3.63, 3.8) is 0 Å². The van der Waals surface area contributed by atoms with Crippen LogP contribution in [0.15, 0.2) is 53.3 Å². The third-order valence-electron chi connectivity index (χ3n) is 4.42. The number of anilines is 1. The van der Waals surface area contributed by atoms with Crippen LogP contribution in [0.3, 0.4) is 0 Å². The Labute approximate surface area is 173 Å². The van der Waals surface area contributed by atoms with Crippen molar-refractivity contribution in [3.05, 3.63) is 91.4 Å². The summed E-state index contributed by atoms with van der Waals surface area (Å²) in [6.07, 6.45) is -4.58. The second kappa shape index (κ2) is 8.01. The van der Waals surface area contributed by atoms with Crippen LogP contribution in [0, 0.1) is 24.0 Å². The summed E-state index contributed by atoms with van der Waals surface area (Å²) in [6, 6.07) is 9.16. The van der Waals surface area contributed by atoms with Gasteiger partial charge in [0, 0.05) is 23.9 Å². The Morgan fingerprint density at radius 3 is 2.48 bits per heavy atom. The summed E-state index contributed by atoms with van der Waals surface area (Å²) in [5.41, 5.74) is -1.67. The predicted molar refractivity (Wildman–Crippen MR) is 105 cm³/mol. The Bertz CT molecular complexity index is 1250. The van der Waals surface area contributed by atoms with Gasteiger partial charge in [-0.05, 0) is 37.6 Å². The van der Waals surface area contributed by atoms with Crippen LogP contribution in [0.1, 0.15) is 27.3 Å². The van der Waals surface area contributed by atoms with Crippen LogP contribution >= 0.6 is 0 Å². The van der Waals surface area contributed by atoms with Gasteiger partial charge >= 0.3 is 6.18 Å². The largest absolute Gasteiger partial charge is 0.416 e. The molecule has 0 aliphatic rings. The molecule has 31 heavy (non-hydrogen) atoms. The maximum atomic E-state index is 13.0. The number of aryl methyl sites for hydroxylation is 2. The lowest BCUT2D eigenvalue weighted by Gasteiger charge is -2.14. The predicted octanol–water partition coefficient (Wildman–Crippen LogP) is 4.03. The lowest BCUT2D eigenvalue weighted by molar-refractivity contribution is -0.384. The molecule has 1 heterocycles. The normalized spacial score (nSPS) is 11.3. The Hall–Kier alpha value is -4.02. The maximum absolute atomic E-state index is 13.0. The van der Waals surface area contributed by atoms with Crippen LogP contribution in [0.5, 0.6) is 0 Å². The molecule has 0 radical (unpaired) electrons. The van der Waals surface area contributed by atoms with Gasteiger partial charge in [-0.1, -0.05) is 12.1 Å². The third-order valence-corrected chi connectivity index (χ3v) is 4.42. The number of nitro groups is 1. The minimum Gasteiger partial charge on any atom is -0.320 e. The number of carbonyl (C=O) groups is 1. The Kier molecular flexibility index (Phi) is 5.60. The van der Waals surface area contributed by atoms with Crippen molar-refractivity contribution in [2.45, 2.75) is 20.0 Å². The maximum Gasteiger partial charge on any atom is 0.416 e. The summed E-state index contributed by atoms with van der Waals surface area (Å²) >= 11 is 0. The van der Waals surface area contributed by atoms with Crippen molar-refractivity contribution in [3.8, 4) is 5.69 Å². The van der Waals surface area contributed by atoms with Gasteiger partial charge in [0.1, 0.15) is 0 Å². The summed E-state index contributed by atoms with van der Waals surface area (Å²) in [5.74, 6) is -0.950. The van der Waals surface area contributed by atoms with E-state index >= 15 is 0 Å². The standard InChI is InChI=1S/C20H15F3N4O4/c1-11-6-7-15(27(30)31)10-16(11)24-19(29)18-17(28)8-12(2)26(25-18)14-5-3-4-13(9-14)20(21,22)23/h3-10H,1-2H3,(H,24,29). The molecule has 11 heteroatoms. The molecule has 0 bridgehead atoms. The lowest BCUT2D eigenvalue weighted by atomic mass is 10.1. The van der Waals surface area contributed by atoms with E-state index < -0.39 is 33.7 Å². The molecule has 8 nitrogen and oxygen atoms in total. The average molecular weight is 432 g/mol. The van der Waals surface area contributed by atoms with Crippen molar-refractivity contribution in [2.75, 3.05) is 5.32 Å². The van der Waals surface area contributed by atoms with Crippen LogP contribution in [0.25, 0.3) is 5.69 Å². The van der Waals surface area contributed by atoms with Gasteiger partial charge in [-0.3, -0.25) is 19.7 Å². The molecule has 0 saturated carbocycles.